The molecule has 0 amide bonds. The van der Waals surface area contributed by atoms with Gasteiger partial charge in [-0.2, -0.15) is 0 Å². The van der Waals surface area contributed by atoms with E-state index in [0.717, 1.165) is 44.1 Å². The first-order chi connectivity index (χ1) is 19.0. The summed E-state index contributed by atoms with van der Waals surface area (Å²) in [6, 6.07) is 27.9. The van der Waals surface area contributed by atoms with Crippen LogP contribution in [-0.4, -0.2) is 4.57 Å². The predicted molar refractivity (Wildman–Crippen MR) is 161 cm³/mol. The second-order valence-corrected chi connectivity index (χ2v) is 12.8. The molecule has 3 aromatic carbocycles. The Bertz CT molecular complexity index is 1940. The predicted octanol–water partition coefficient (Wildman–Crippen LogP) is 7.48. The number of halogens is 2. The molecule has 7 rings (SSSR count). The van der Waals surface area contributed by atoms with E-state index in [2.05, 4.69) is 52.3 Å². The fourth-order valence-electron chi connectivity index (χ4n) is 5.18. The third-order valence-electron chi connectivity index (χ3n) is 6.97. The zero-order valence-electron chi connectivity index (χ0n) is 20.4. The fourth-order valence-corrected chi connectivity index (χ4v) is 7.33. The van der Waals surface area contributed by atoms with Crippen LogP contribution < -0.4 is 14.9 Å². The molecule has 1 atom stereocenters. The number of aromatic nitrogens is 1. The Morgan fingerprint density at radius 3 is 2.62 bits per heavy atom. The van der Waals surface area contributed by atoms with Gasteiger partial charge in [0.05, 0.1) is 16.3 Å². The van der Waals surface area contributed by atoms with Crippen molar-refractivity contribution in [2.45, 2.75) is 28.9 Å². The van der Waals surface area contributed by atoms with Crippen LogP contribution in [0.2, 0.25) is 5.02 Å². The topological polar surface area (TPSA) is 47.5 Å². The van der Waals surface area contributed by atoms with E-state index in [0.29, 0.717) is 20.1 Å². The van der Waals surface area contributed by atoms with Crippen molar-refractivity contribution in [2.24, 2.45) is 4.99 Å². The van der Waals surface area contributed by atoms with E-state index in [1.807, 2.05) is 59.2 Å². The van der Waals surface area contributed by atoms with Gasteiger partial charge in [0.15, 0.2) is 9.89 Å². The lowest BCUT2D eigenvalue weighted by Gasteiger charge is -2.30. The summed E-state index contributed by atoms with van der Waals surface area (Å²) < 4.78 is 9.53. The largest absolute Gasteiger partial charge is 0.450 e. The van der Waals surface area contributed by atoms with Crippen LogP contribution in [0.15, 0.2) is 119 Å². The molecule has 5 aromatic rings. The second kappa shape index (κ2) is 10.1. The Labute approximate surface area is 246 Å². The molecule has 4 nitrogen and oxygen atoms in total. The van der Waals surface area contributed by atoms with Crippen molar-refractivity contribution in [1.82, 2.24) is 4.57 Å². The number of hydrogen-bond donors (Lipinski definition) is 0. The highest BCUT2D eigenvalue weighted by molar-refractivity contribution is 9.10. The molecule has 0 spiro atoms. The standard InChI is InChI=1S/C31H20BrClN2O2S2/c32-20-8-5-19(6-9-20)29-25-15-7-18-3-1-2-4-24(18)28(25)34-31-35(29)30(36)26(39-31)17-22-12-16-27(37-22)38-23-13-10-21(33)11-14-23/h1-6,8-14,16-17,29H,7,15H2/b26-17-/t29-/m0/s1. The van der Waals surface area contributed by atoms with Gasteiger partial charge in [0, 0.05) is 26.0 Å². The maximum Gasteiger partial charge on any atom is 0.271 e. The van der Waals surface area contributed by atoms with Gasteiger partial charge in [-0.1, -0.05) is 87.0 Å². The fraction of sp³-hybridized carbons (Fsp3) is 0.0968. The molecule has 1 aliphatic heterocycles. The number of rotatable bonds is 4. The Morgan fingerprint density at radius 2 is 1.79 bits per heavy atom. The van der Waals surface area contributed by atoms with Gasteiger partial charge >= 0.3 is 0 Å². The molecular weight excluding hydrogens is 612 g/mol. The van der Waals surface area contributed by atoms with E-state index in [9.17, 15) is 4.79 Å². The van der Waals surface area contributed by atoms with Gasteiger partial charge in [0.1, 0.15) is 5.76 Å². The van der Waals surface area contributed by atoms with E-state index in [1.165, 1.54) is 34.2 Å². The van der Waals surface area contributed by atoms with Crippen molar-refractivity contribution < 1.29 is 4.42 Å². The molecule has 0 fully saturated rings. The van der Waals surface area contributed by atoms with E-state index in [1.54, 1.807) is 0 Å². The molecule has 1 aliphatic carbocycles. The van der Waals surface area contributed by atoms with Crippen LogP contribution in [0.25, 0.3) is 11.8 Å². The van der Waals surface area contributed by atoms with Crippen LogP contribution in [-0.2, 0) is 6.42 Å². The smallest absolute Gasteiger partial charge is 0.271 e. The number of benzene rings is 3. The number of aryl methyl sites for hydroxylation is 1. The summed E-state index contributed by atoms with van der Waals surface area (Å²) in [6.07, 6.45) is 3.62. The van der Waals surface area contributed by atoms with Crippen molar-refractivity contribution in [2.75, 3.05) is 0 Å². The summed E-state index contributed by atoms with van der Waals surface area (Å²) >= 11 is 12.5. The molecular formula is C31H20BrClN2O2S2. The minimum Gasteiger partial charge on any atom is -0.450 e. The SMILES string of the molecule is O=c1/c(=C/c2ccc(Sc3ccc(Cl)cc3)o2)sc2n1[C@@H](c1ccc(Br)cc1)C1=C(N=2)c2ccccc2CC1. The summed E-state index contributed by atoms with van der Waals surface area (Å²) in [6.45, 7) is 0. The van der Waals surface area contributed by atoms with Crippen molar-refractivity contribution in [3.8, 4) is 0 Å². The summed E-state index contributed by atoms with van der Waals surface area (Å²) in [4.78, 5) is 20.7. The number of thiazole rings is 1. The Kier molecular flexibility index (Phi) is 6.47. The molecule has 8 heteroatoms. The van der Waals surface area contributed by atoms with Gasteiger partial charge < -0.3 is 4.42 Å². The monoisotopic (exact) mass is 630 g/mol. The quantitative estimate of drug-likeness (QED) is 0.207. The van der Waals surface area contributed by atoms with Crippen molar-refractivity contribution in [1.29, 1.82) is 0 Å². The molecule has 0 saturated carbocycles. The lowest BCUT2D eigenvalue weighted by atomic mass is 9.83. The van der Waals surface area contributed by atoms with Crippen LogP contribution >= 0.6 is 50.6 Å². The van der Waals surface area contributed by atoms with Crippen molar-refractivity contribution in [3.63, 3.8) is 0 Å². The van der Waals surface area contributed by atoms with Crippen LogP contribution in [0, 0.1) is 0 Å². The number of nitrogens with zero attached hydrogens (tertiary/aromatic N) is 2. The Morgan fingerprint density at radius 1 is 1.00 bits per heavy atom. The van der Waals surface area contributed by atoms with Gasteiger partial charge in [-0.15, -0.1) is 0 Å². The number of furan rings is 1. The van der Waals surface area contributed by atoms with Gasteiger partial charge in [0.2, 0.25) is 0 Å². The molecule has 192 valence electrons. The minimum absolute atomic E-state index is 0.0552. The zero-order chi connectivity index (χ0) is 26.5. The third kappa shape index (κ3) is 4.67. The molecule has 39 heavy (non-hydrogen) atoms. The first-order valence-corrected chi connectivity index (χ1v) is 15.3. The van der Waals surface area contributed by atoms with E-state index in [-0.39, 0.29) is 11.6 Å². The van der Waals surface area contributed by atoms with Crippen LogP contribution in [0.5, 0.6) is 0 Å². The van der Waals surface area contributed by atoms with E-state index < -0.39 is 0 Å². The van der Waals surface area contributed by atoms with Crippen molar-refractivity contribution >= 4 is 62.4 Å². The van der Waals surface area contributed by atoms with Gasteiger partial charge in [0.25, 0.3) is 5.56 Å². The van der Waals surface area contributed by atoms with Gasteiger partial charge in [-0.25, -0.2) is 4.99 Å². The molecule has 0 bridgehead atoms. The first-order valence-electron chi connectivity index (χ1n) is 12.5. The molecule has 0 unspecified atom stereocenters. The number of allylic oxidation sites excluding steroid dienone is 1. The van der Waals surface area contributed by atoms with Crippen LogP contribution in [0.1, 0.15) is 34.9 Å². The number of fused-ring (bicyclic) bond motifs is 3. The molecule has 2 aromatic heterocycles. The summed E-state index contributed by atoms with van der Waals surface area (Å²) in [5.41, 5.74) is 5.67. The molecule has 0 radical (unpaired) electrons. The average Bonchev–Trinajstić information content (AvgIpc) is 3.52. The molecule has 0 saturated heterocycles. The van der Waals surface area contributed by atoms with Crippen molar-refractivity contribution in [3.05, 3.63) is 142 Å². The lowest BCUT2D eigenvalue weighted by molar-refractivity contribution is 0.466. The summed E-state index contributed by atoms with van der Waals surface area (Å²) in [5.74, 6) is 0.631. The first kappa shape index (κ1) is 24.9. The number of hydrogen-bond acceptors (Lipinski definition) is 5. The van der Waals surface area contributed by atoms with Gasteiger partial charge in [-0.05, 0) is 78.1 Å². The average molecular weight is 632 g/mol. The normalized spacial score (nSPS) is 16.5. The minimum atomic E-state index is -0.201. The van der Waals surface area contributed by atoms with E-state index >= 15 is 0 Å². The summed E-state index contributed by atoms with van der Waals surface area (Å²) in [7, 11) is 0. The zero-order valence-corrected chi connectivity index (χ0v) is 24.4. The second-order valence-electron chi connectivity index (χ2n) is 9.38. The highest BCUT2D eigenvalue weighted by atomic mass is 79.9. The van der Waals surface area contributed by atoms with E-state index in [4.69, 9.17) is 21.0 Å². The Balaban J connectivity index is 1.34. The molecule has 2 aliphatic rings. The highest BCUT2D eigenvalue weighted by Gasteiger charge is 2.32. The molecule has 0 N–H and O–H groups in total. The highest BCUT2D eigenvalue weighted by Crippen LogP contribution is 2.41. The maximum atomic E-state index is 13.9. The Hall–Kier alpha value is -3.10. The third-order valence-corrected chi connectivity index (χ3v) is 9.66. The summed E-state index contributed by atoms with van der Waals surface area (Å²) in [5, 5.41) is 1.44. The lowest BCUT2D eigenvalue weighted by Crippen LogP contribution is -2.38. The van der Waals surface area contributed by atoms with Crippen LogP contribution in [0.4, 0.5) is 0 Å². The van der Waals surface area contributed by atoms with Gasteiger partial charge in [-0.3, -0.25) is 9.36 Å². The maximum absolute atomic E-state index is 13.9. The van der Waals surface area contributed by atoms with Crippen LogP contribution in [0.3, 0.4) is 0 Å². The molecule has 3 heterocycles.